The molecule has 5 heteroatoms. The lowest BCUT2D eigenvalue weighted by Crippen LogP contribution is -2.29. The fraction of sp³-hybridized carbons (Fsp3) is 0. The van der Waals surface area contributed by atoms with Gasteiger partial charge in [-0.15, -0.1) is 0 Å². The quantitative estimate of drug-likeness (QED) is 0.286. The van der Waals surface area contributed by atoms with Crippen LogP contribution in [0.25, 0.3) is 0 Å². The largest absolute Gasteiger partial charge is 0.398 e. The normalized spacial score (nSPS) is 9.50. The van der Waals surface area contributed by atoms with Crippen molar-refractivity contribution < 1.29 is 4.79 Å². The standard InChI is InChI=1S/C7H8BrN3O/c8-5-2-1-4(3-6(5)9)7(12)11-10/h1-3H,9-10H2,(H,11,12). The minimum Gasteiger partial charge on any atom is -0.398 e. The van der Waals surface area contributed by atoms with Gasteiger partial charge in [-0.05, 0) is 34.1 Å². The summed E-state index contributed by atoms with van der Waals surface area (Å²) in [4.78, 5) is 11.0. The van der Waals surface area contributed by atoms with Crippen LogP contribution < -0.4 is 17.0 Å². The number of hydrogen-bond donors (Lipinski definition) is 3. The Bertz CT molecular complexity index is 314. The van der Waals surface area contributed by atoms with Crippen molar-refractivity contribution in [2.45, 2.75) is 0 Å². The molecule has 0 unspecified atom stereocenters. The number of rotatable bonds is 1. The molecule has 0 aliphatic carbocycles. The second kappa shape index (κ2) is 3.55. The highest BCUT2D eigenvalue weighted by atomic mass is 79.9. The first-order chi connectivity index (χ1) is 5.65. The average molecular weight is 230 g/mol. The molecule has 5 N–H and O–H groups in total. The number of carbonyl (C=O) groups excluding carboxylic acids is 1. The van der Waals surface area contributed by atoms with Crippen LogP contribution in [-0.4, -0.2) is 5.91 Å². The van der Waals surface area contributed by atoms with Gasteiger partial charge in [0.2, 0.25) is 0 Å². The van der Waals surface area contributed by atoms with Crippen LogP contribution in [0.5, 0.6) is 0 Å². The molecular formula is C7H8BrN3O. The fourth-order valence-corrected chi connectivity index (χ4v) is 1.01. The summed E-state index contributed by atoms with van der Waals surface area (Å²) in [6.07, 6.45) is 0. The van der Waals surface area contributed by atoms with Gasteiger partial charge in [0.15, 0.2) is 0 Å². The van der Waals surface area contributed by atoms with Crippen molar-refractivity contribution in [1.29, 1.82) is 0 Å². The molecule has 4 nitrogen and oxygen atoms in total. The topological polar surface area (TPSA) is 81.1 Å². The maximum absolute atomic E-state index is 11.0. The van der Waals surface area contributed by atoms with E-state index >= 15 is 0 Å². The smallest absolute Gasteiger partial charge is 0.265 e. The lowest BCUT2D eigenvalue weighted by molar-refractivity contribution is 0.0953. The van der Waals surface area contributed by atoms with E-state index in [0.29, 0.717) is 11.3 Å². The van der Waals surface area contributed by atoms with Gasteiger partial charge in [-0.2, -0.15) is 0 Å². The Kier molecular flexibility index (Phi) is 2.67. The second-order valence-electron chi connectivity index (χ2n) is 2.21. The zero-order chi connectivity index (χ0) is 9.14. The molecule has 64 valence electrons. The zero-order valence-corrected chi connectivity index (χ0v) is 7.76. The monoisotopic (exact) mass is 229 g/mol. The van der Waals surface area contributed by atoms with Gasteiger partial charge in [0.1, 0.15) is 0 Å². The van der Waals surface area contributed by atoms with Gasteiger partial charge in [-0.3, -0.25) is 10.2 Å². The molecule has 0 atom stereocenters. The van der Waals surface area contributed by atoms with Crippen LogP contribution in [0, 0.1) is 0 Å². The van der Waals surface area contributed by atoms with E-state index in [1.54, 1.807) is 18.2 Å². The third-order valence-corrected chi connectivity index (χ3v) is 2.11. The van der Waals surface area contributed by atoms with Crippen molar-refractivity contribution in [2.24, 2.45) is 5.84 Å². The maximum Gasteiger partial charge on any atom is 0.265 e. The van der Waals surface area contributed by atoms with Gasteiger partial charge in [0.25, 0.3) is 5.91 Å². The summed E-state index contributed by atoms with van der Waals surface area (Å²) in [6.45, 7) is 0. The molecule has 0 radical (unpaired) electrons. The van der Waals surface area contributed by atoms with Crippen LogP contribution in [-0.2, 0) is 0 Å². The summed E-state index contributed by atoms with van der Waals surface area (Å²) in [5, 5.41) is 0. The van der Waals surface area contributed by atoms with Gasteiger partial charge in [0, 0.05) is 15.7 Å². The summed E-state index contributed by atoms with van der Waals surface area (Å²) >= 11 is 3.21. The van der Waals surface area contributed by atoms with E-state index < -0.39 is 0 Å². The number of hydrazine groups is 1. The summed E-state index contributed by atoms with van der Waals surface area (Å²) in [7, 11) is 0. The van der Waals surface area contributed by atoms with E-state index in [1.807, 2.05) is 5.43 Å². The molecular weight excluding hydrogens is 222 g/mol. The first-order valence-electron chi connectivity index (χ1n) is 3.21. The summed E-state index contributed by atoms with van der Waals surface area (Å²) < 4.78 is 0.760. The maximum atomic E-state index is 11.0. The number of nitrogens with one attached hydrogen (secondary N) is 1. The summed E-state index contributed by atoms with van der Waals surface area (Å²) in [6, 6.07) is 4.87. The Balaban J connectivity index is 3.05. The molecule has 0 saturated heterocycles. The molecule has 1 rings (SSSR count). The fourth-order valence-electron chi connectivity index (χ4n) is 0.768. The predicted molar refractivity (Wildman–Crippen MR) is 50.2 cm³/mol. The molecule has 1 aromatic carbocycles. The number of anilines is 1. The number of amides is 1. The highest BCUT2D eigenvalue weighted by Crippen LogP contribution is 2.19. The molecule has 0 fully saturated rings. The first-order valence-corrected chi connectivity index (χ1v) is 4.00. The second-order valence-corrected chi connectivity index (χ2v) is 3.06. The minimum absolute atomic E-state index is 0.353. The zero-order valence-electron chi connectivity index (χ0n) is 6.17. The Labute approximate surface area is 78.0 Å². The van der Waals surface area contributed by atoms with E-state index in [1.165, 1.54) is 0 Å². The molecule has 0 aliphatic rings. The van der Waals surface area contributed by atoms with Crippen LogP contribution in [0.15, 0.2) is 22.7 Å². The van der Waals surface area contributed by atoms with Gasteiger partial charge >= 0.3 is 0 Å². The third-order valence-electron chi connectivity index (χ3n) is 1.39. The Morgan fingerprint density at radius 3 is 2.67 bits per heavy atom. The Morgan fingerprint density at radius 2 is 2.17 bits per heavy atom. The first kappa shape index (κ1) is 9.02. The van der Waals surface area contributed by atoms with Crippen LogP contribution in [0.2, 0.25) is 0 Å². The third kappa shape index (κ3) is 1.75. The van der Waals surface area contributed by atoms with E-state index in [4.69, 9.17) is 11.6 Å². The van der Waals surface area contributed by atoms with Gasteiger partial charge < -0.3 is 5.73 Å². The van der Waals surface area contributed by atoms with Crippen molar-refractivity contribution in [3.05, 3.63) is 28.2 Å². The molecule has 0 saturated carbocycles. The van der Waals surface area contributed by atoms with Crippen molar-refractivity contribution in [3.8, 4) is 0 Å². The minimum atomic E-state index is -0.353. The van der Waals surface area contributed by atoms with Crippen LogP contribution in [0.1, 0.15) is 10.4 Å². The Morgan fingerprint density at radius 1 is 1.50 bits per heavy atom. The molecule has 1 amide bonds. The van der Waals surface area contributed by atoms with E-state index in [2.05, 4.69) is 15.9 Å². The predicted octanol–water partition coefficient (Wildman–Crippen LogP) is 0.635. The van der Waals surface area contributed by atoms with Crippen molar-refractivity contribution in [3.63, 3.8) is 0 Å². The van der Waals surface area contributed by atoms with Gasteiger partial charge in [-0.25, -0.2) is 5.84 Å². The highest BCUT2D eigenvalue weighted by Gasteiger charge is 2.04. The van der Waals surface area contributed by atoms with Gasteiger partial charge in [0.05, 0.1) is 0 Å². The lowest BCUT2D eigenvalue weighted by atomic mass is 10.2. The van der Waals surface area contributed by atoms with Crippen LogP contribution in [0.4, 0.5) is 5.69 Å². The number of nitrogens with two attached hydrogens (primary N) is 2. The molecule has 0 bridgehead atoms. The average Bonchev–Trinajstić information content (AvgIpc) is 2.08. The molecule has 0 spiro atoms. The molecule has 12 heavy (non-hydrogen) atoms. The lowest BCUT2D eigenvalue weighted by Gasteiger charge is -2.01. The van der Waals surface area contributed by atoms with Crippen molar-refractivity contribution in [1.82, 2.24) is 5.43 Å². The number of carbonyl (C=O) groups is 1. The van der Waals surface area contributed by atoms with E-state index in [9.17, 15) is 4.79 Å². The molecule has 0 aromatic heterocycles. The van der Waals surface area contributed by atoms with Crippen LogP contribution in [0.3, 0.4) is 0 Å². The van der Waals surface area contributed by atoms with Crippen molar-refractivity contribution in [2.75, 3.05) is 5.73 Å². The van der Waals surface area contributed by atoms with Gasteiger partial charge in [-0.1, -0.05) is 0 Å². The molecule has 1 aromatic rings. The van der Waals surface area contributed by atoms with E-state index in [-0.39, 0.29) is 5.91 Å². The molecule has 0 aliphatic heterocycles. The SMILES string of the molecule is NNC(=O)c1ccc(Br)c(N)c1. The Hall–Kier alpha value is -1.07. The number of nitrogen functional groups attached to an aromatic ring is 2. The van der Waals surface area contributed by atoms with Crippen LogP contribution >= 0.6 is 15.9 Å². The number of hydrogen-bond acceptors (Lipinski definition) is 3. The number of benzene rings is 1. The summed E-state index contributed by atoms with van der Waals surface area (Å²) in [5.74, 6) is 4.59. The highest BCUT2D eigenvalue weighted by molar-refractivity contribution is 9.10. The van der Waals surface area contributed by atoms with E-state index in [0.717, 1.165) is 4.47 Å². The number of halogens is 1. The molecule has 0 heterocycles. The summed E-state index contributed by atoms with van der Waals surface area (Å²) in [5.41, 5.74) is 8.52. The van der Waals surface area contributed by atoms with Crippen molar-refractivity contribution >= 4 is 27.5 Å².